The van der Waals surface area contributed by atoms with E-state index in [4.69, 9.17) is 4.74 Å². The number of esters is 1. The molecule has 18 heavy (non-hydrogen) atoms. The highest BCUT2D eigenvalue weighted by molar-refractivity contribution is 6.02. The molecule has 6 heteroatoms. The predicted octanol–water partition coefficient (Wildman–Crippen LogP) is 1.58. The van der Waals surface area contributed by atoms with Gasteiger partial charge in [0.2, 0.25) is 0 Å². The molecule has 0 aliphatic rings. The van der Waals surface area contributed by atoms with Crippen molar-refractivity contribution in [1.29, 1.82) is 0 Å². The normalized spacial score (nSPS) is 9.56. The lowest BCUT2D eigenvalue weighted by Gasteiger charge is -2.15. The fraction of sp³-hybridized carbons (Fsp3) is 0.333. The summed E-state index contributed by atoms with van der Waals surface area (Å²) in [6, 6.07) is 4.57. The Morgan fingerprint density at radius 1 is 1.22 bits per heavy atom. The molecule has 6 nitrogen and oxygen atoms in total. The fourth-order valence-electron chi connectivity index (χ4n) is 1.35. The Morgan fingerprint density at radius 2 is 1.89 bits per heavy atom. The lowest BCUT2D eigenvalue weighted by molar-refractivity contribution is 0.0598. The zero-order chi connectivity index (χ0) is 13.7. The minimum absolute atomic E-state index is 0.192. The van der Waals surface area contributed by atoms with Crippen LogP contribution in [0.2, 0.25) is 0 Å². The first-order valence-corrected chi connectivity index (χ1v) is 5.25. The number of nitrogens with one attached hydrogen (secondary N) is 1. The van der Waals surface area contributed by atoms with E-state index in [1.165, 1.54) is 19.1 Å². The van der Waals surface area contributed by atoms with Crippen LogP contribution in [0.3, 0.4) is 0 Å². The number of urea groups is 1. The van der Waals surface area contributed by atoms with Crippen LogP contribution in [0.25, 0.3) is 0 Å². The van der Waals surface area contributed by atoms with Crippen LogP contribution in [-0.4, -0.2) is 45.2 Å². The minimum Gasteiger partial charge on any atom is -0.496 e. The largest absolute Gasteiger partial charge is 0.496 e. The number of amides is 2. The molecule has 0 saturated carbocycles. The summed E-state index contributed by atoms with van der Waals surface area (Å²) in [5, 5.41) is 2.61. The smallest absolute Gasteiger partial charge is 0.343 e. The molecule has 0 radical (unpaired) electrons. The topological polar surface area (TPSA) is 67.9 Å². The van der Waals surface area contributed by atoms with Crippen molar-refractivity contribution in [1.82, 2.24) is 4.90 Å². The van der Waals surface area contributed by atoms with E-state index in [1.807, 2.05) is 0 Å². The Balaban J connectivity index is 3.18. The highest BCUT2D eigenvalue weighted by atomic mass is 16.5. The van der Waals surface area contributed by atoms with Crippen molar-refractivity contribution >= 4 is 17.7 Å². The SMILES string of the molecule is COC(=O)c1c(NC(=O)N(C)C)cccc1OC. The van der Waals surface area contributed by atoms with Gasteiger partial charge in [0.05, 0.1) is 19.9 Å². The molecule has 0 aliphatic carbocycles. The van der Waals surface area contributed by atoms with Crippen LogP contribution in [0.15, 0.2) is 18.2 Å². The molecule has 0 fully saturated rings. The van der Waals surface area contributed by atoms with E-state index in [-0.39, 0.29) is 11.6 Å². The number of nitrogens with zero attached hydrogens (tertiary/aromatic N) is 1. The van der Waals surface area contributed by atoms with E-state index >= 15 is 0 Å². The number of hydrogen-bond acceptors (Lipinski definition) is 4. The standard InChI is InChI=1S/C12H16N2O4/c1-14(2)12(16)13-8-6-5-7-9(17-3)10(8)11(15)18-4/h5-7H,1-4H3,(H,13,16). The van der Waals surface area contributed by atoms with Gasteiger partial charge < -0.3 is 19.7 Å². The van der Waals surface area contributed by atoms with Gasteiger partial charge in [-0.05, 0) is 12.1 Å². The molecule has 0 spiro atoms. The molecular formula is C12H16N2O4. The van der Waals surface area contributed by atoms with Crippen molar-refractivity contribution in [3.63, 3.8) is 0 Å². The minimum atomic E-state index is -0.568. The van der Waals surface area contributed by atoms with Crippen LogP contribution in [0.5, 0.6) is 5.75 Å². The lowest BCUT2D eigenvalue weighted by Crippen LogP contribution is -2.28. The number of rotatable bonds is 3. The molecule has 0 aromatic heterocycles. The number of benzene rings is 1. The van der Waals surface area contributed by atoms with E-state index in [9.17, 15) is 9.59 Å². The molecule has 0 unspecified atom stereocenters. The summed E-state index contributed by atoms with van der Waals surface area (Å²) in [6.07, 6.45) is 0. The third-order valence-electron chi connectivity index (χ3n) is 2.28. The van der Waals surface area contributed by atoms with E-state index in [1.54, 1.807) is 32.3 Å². The Labute approximate surface area is 105 Å². The summed E-state index contributed by atoms with van der Waals surface area (Å²) in [5.74, 6) is -0.222. The number of ether oxygens (including phenoxy) is 2. The highest BCUT2D eigenvalue weighted by Crippen LogP contribution is 2.27. The van der Waals surface area contributed by atoms with Crippen LogP contribution in [0, 0.1) is 0 Å². The first-order valence-electron chi connectivity index (χ1n) is 5.25. The van der Waals surface area contributed by atoms with E-state index in [0.717, 1.165) is 0 Å². The zero-order valence-electron chi connectivity index (χ0n) is 10.8. The van der Waals surface area contributed by atoms with Gasteiger partial charge in [0.25, 0.3) is 0 Å². The molecule has 1 N–H and O–H groups in total. The third kappa shape index (κ3) is 2.91. The van der Waals surface area contributed by atoms with Crippen LogP contribution in [0.1, 0.15) is 10.4 Å². The molecule has 0 aliphatic heterocycles. The third-order valence-corrected chi connectivity index (χ3v) is 2.28. The van der Waals surface area contributed by atoms with Gasteiger partial charge in [0, 0.05) is 14.1 Å². The quantitative estimate of drug-likeness (QED) is 0.829. The van der Waals surface area contributed by atoms with Crippen LogP contribution in [0.4, 0.5) is 10.5 Å². The lowest BCUT2D eigenvalue weighted by atomic mass is 10.1. The maximum atomic E-state index is 11.7. The Morgan fingerprint density at radius 3 is 2.39 bits per heavy atom. The summed E-state index contributed by atoms with van der Waals surface area (Å²) in [4.78, 5) is 24.7. The second-order valence-electron chi connectivity index (χ2n) is 3.70. The molecule has 1 aromatic rings. The number of anilines is 1. The summed E-state index contributed by atoms with van der Waals surface area (Å²) in [7, 11) is 5.92. The summed E-state index contributed by atoms with van der Waals surface area (Å²) < 4.78 is 9.76. The Kier molecular flexibility index (Phi) is 4.53. The molecule has 0 heterocycles. The molecule has 2 amide bonds. The van der Waals surface area contributed by atoms with Crippen molar-refractivity contribution in [2.75, 3.05) is 33.6 Å². The number of methoxy groups -OCH3 is 2. The molecule has 0 saturated heterocycles. The van der Waals surface area contributed by atoms with Crippen molar-refractivity contribution in [3.8, 4) is 5.75 Å². The predicted molar refractivity (Wildman–Crippen MR) is 67.0 cm³/mol. The van der Waals surface area contributed by atoms with Gasteiger partial charge in [-0.1, -0.05) is 6.07 Å². The summed E-state index contributed by atoms with van der Waals surface area (Å²) in [5.41, 5.74) is 0.539. The molecule has 0 atom stereocenters. The van der Waals surface area contributed by atoms with Crippen molar-refractivity contribution in [2.24, 2.45) is 0 Å². The van der Waals surface area contributed by atoms with Crippen LogP contribution < -0.4 is 10.1 Å². The van der Waals surface area contributed by atoms with Gasteiger partial charge in [0.15, 0.2) is 0 Å². The summed E-state index contributed by atoms with van der Waals surface area (Å²) >= 11 is 0. The molecule has 0 bridgehead atoms. The maximum absolute atomic E-state index is 11.7. The second-order valence-corrected chi connectivity index (χ2v) is 3.70. The molecule has 1 aromatic carbocycles. The fourth-order valence-corrected chi connectivity index (χ4v) is 1.35. The van der Waals surface area contributed by atoms with Gasteiger partial charge in [-0.3, -0.25) is 0 Å². The van der Waals surface area contributed by atoms with E-state index in [2.05, 4.69) is 10.1 Å². The van der Waals surface area contributed by atoms with Crippen molar-refractivity contribution in [3.05, 3.63) is 23.8 Å². The Bertz CT molecular complexity index is 457. The zero-order valence-corrected chi connectivity index (χ0v) is 10.8. The van der Waals surface area contributed by atoms with Gasteiger partial charge >= 0.3 is 12.0 Å². The van der Waals surface area contributed by atoms with Gasteiger partial charge in [-0.2, -0.15) is 0 Å². The van der Waals surface area contributed by atoms with E-state index in [0.29, 0.717) is 11.4 Å². The average molecular weight is 252 g/mol. The van der Waals surface area contributed by atoms with Crippen molar-refractivity contribution < 1.29 is 19.1 Å². The maximum Gasteiger partial charge on any atom is 0.343 e. The van der Waals surface area contributed by atoms with E-state index < -0.39 is 5.97 Å². The van der Waals surface area contributed by atoms with Crippen molar-refractivity contribution in [2.45, 2.75) is 0 Å². The highest BCUT2D eigenvalue weighted by Gasteiger charge is 2.19. The van der Waals surface area contributed by atoms with Gasteiger partial charge in [-0.25, -0.2) is 9.59 Å². The molecular weight excluding hydrogens is 236 g/mol. The number of hydrogen-bond donors (Lipinski definition) is 1. The summed E-state index contributed by atoms with van der Waals surface area (Å²) in [6.45, 7) is 0. The number of carbonyl (C=O) groups excluding carboxylic acids is 2. The second kappa shape index (κ2) is 5.90. The first-order chi connectivity index (χ1) is 8.51. The monoisotopic (exact) mass is 252 g/mol. The van der Waals surface area contributed by atoms with Gasteiger partial charge in [-0.15, -0.1) is 0 Å². The van der Waals surface area contributed by atoms with Gasteiger partial charge in [0.1, 0.15) is 11.3 Å². The Hall–Kier alpha value is -2.24. The van der Waals surface area contributed by atoms with Crippen LogP contribution >= 0.6 is 0 Å². The average Bonchev–Trinajstić information content (AvgIpc) is 2.37. The first kappa shape index (κ1) is 13.8. The molecule has 98 valence electrons. The van der Waals surface area contributed by atoms with Crippen LogP contribution in [-0.2, 0) is 4.74 Å². The molecule has 1 rings (SSSR count). The number of carbonyl (C=O) groups is 2.